The van der Waals surface area contributed by atoms with Crippen LogP contribution in [0.25, 0.3) is 21.8 Å². The summed E-state index contributed by atoms with van der Waals surface area (Å²) in [5, 5.41) is 4.68. The molecule has 1 atom stereocenters. The van der Waals surface area contributed by atoms with Gasteiger partial charge in [0.15, 0.2) is 0 Å². The first-order valence-corrected chi connectivity index (χ1v) is 11.0. The maximum Gasteiger partial charge on any atom is 0.421 e. The zero-order chi connectivity index (χ0) is 23.0. The maximum absolute atomic E-state index is 15.4. The second-order valence-corrected chi connectivity index (χ2v) is 9.06. The van der Waals surface area contributed by atoms with Gasteiger partial charge < -0.3 is 15.3 Å². The van der Waals surface area contributed by atoms with Crippen LogP contribution >= 0.6 is 11.6 Å². The van der Waals surface area contributed by atoms with E-state index in [2.05, 4.69) is 15.3 Å². The minimum absolute atomic E-state index is 0.0888. The van der Waals surface area contributed by atoms with Crippen molar-refractivity contribution < 1.29 is 13.2 Å². The molecule has 0 bridgehead atoms. The first-order chi connectivity index (χ1) is 15.8. The zero-order valence-corrected chi connectivity index (χ0v) is 18.3. The summed E-state index contributed by atoms with van der Waals surface area (Å²) < 4.78 is 46.3. The number of alkyl halides is 3. The van der Waals surface area contributed by atoms with Crippen molar-refractivity contribution in [2.45, 2.75) is 25.1 Å². The van der Waals surface area contributed by atoms with Crippen molar-refractivity contribution in [2.24, 2.45) is 0 Å². The third kappa shape index (κ3) is 2.83. The molecule has 6 rings (SSSR count). The van der Waals surface area contributed by atoms with Crippen LogP contribution in [0.15, 0.2) is 66.9 Å². The summed E-state index contributed by atoms with van der Waals surface area (Å²) in [5.41, 5.74) is 1.72. The summed E-state index contributed by atoms with van der Waals surface area (Å²) in [6, 6.07) is 17.9. The largest absolute Gasteiger partial charge is 0.421 e. The van der Waals surface area contributed by atoms with Gasteiger partial charge in [-0.2, -0.15) is 13.2 Å². The molecule has 1 aliphatic rings. The number of nitrogens with one attached hydrogen (secondary N) is 3. The highest BCUT2D eigenvalue weighted by Gasteiger charge is 2.61. The first kappa shape index (κ1) is 20.2. The Morgan fingerprint density at radius 2 is 1.76 bits per heavy atom. The van der Waals surface area contributed by atoms with Gasteiger partial charge in [0.25, 0.3) is 0 Å². The molecule has 166 valence electrons. The number of benzene rings is 3. The van der Waals surface area contributed by atoms with E-state index < -0.39 is 11.7 Å². The van der Waals surface area contributed by atoms with E-state index in [9.17, 15) is 0 Å². The molecule has 0 radical (unpaired) electrons. The number of aromatic amines is 2. The fourth-order valence-corrected chi connectivity index (χ4v) is 5.27. The molecule has 0 aliphatic carbocycles. The van der Waals surface area contributed by atoms with Gasteiger partial charge >= 0.3 is 6.18 Å². The van der Waals surface area contributed by atoms with Crippen molar-refractivity contribution in [3.05, 3.63) is 99.8 Å². The molecule has 5 aromatic rings. The van der Waals surface area contributed by atoms with Crippen LogP contribution in [0.4, 0.5) is 18.9 Å². The van der Waals surface area contributed by atoms with Crippen molar-refractivity contribution in [2.75, 3.05) is 5.32 Å². The molecule has 33 heavy (non-hydrogen) atoms. The van der Waals surface area contributed by atoms with Crippen LogP contribution in [0.3, 0.4) is 0 Å². The molecule has 0 unspecified atom stereocenters. The van der Waals surface area contributed by atoms with E-state index in [0.29, 0.717) is 39.1 Å². The lowest BCUT2D eigenvalue weighted by atomic mass is 9.83. The molecular formula is C26H19ClF3N3. The average molecular weight is 466 g/mol. The molecule has 0 spiro atoms. The van der Waals surface area contributed by atoms with Gasteiger partial charge in [-0.15, -0.1) is 0 Å². The number of rotatable bonds is 1. The second kappa shape index (κ2) is 6.81. The van der Waals surface area contributed by atoms with Crippen LogP contribution in [0.2, 0.25) is 5.02 Å². The van der Waals surface area contributed by atoms with Gasteiger partial charge in [0.1, 0.15) is 0 Å². The quantitative estimate of drug-likeness (QED) is 0.237. The molecule has 7 heteroatoms. The van der Waals surface area contributed by atoms with Gasteiger partial charge in [-0.1, -0.05) is 47.5 Å². The monoisotopic (exact) mass is 465 g/mol. The second-order valence-electron chi connectivity index (χ2n) is 8.63. The van der Waals surface area contributed by atoms with E-state index in [1.54, 1.807) is 36.4 Å². The van der Waals surface area contributed by atoms with E-state index in [-0.39, 0.29) is 11.3 Å². The smallest absolute Gasteiger partial charge is 0.363 e. The highest BCUT2D eigenvalue weighted by Crippen LogP contribution is 2.52. The Bertz CT molecular complexity index is 1550. The SMILES string of the molecule is Cc1ccc2[nH]cc([C@]3(C(F)(F)F)Nc4ccccc4Cc4c3[nH]c3cc(Cl)ccc43)c2c1. The van der Waals surface area contributed by atoms with Crippen molar-refractivity contribution >= 4 is 39.1 Å². The number of H-pyrrole nitrogens is 2. The Hall–Kier alpha value is -3.38. The van der Waals surface area contributed by atoms with Gasteiger partial charge in [-0.25, -0.2) is 0 Å². The molecule has 0 saturated heterocycles. The van der Waals surface area contributed by atoms with Crippen molar-refractivity contribution in [1.82, 2.24) is 9.97 Å². The Morgan fingerprint density at radius 1 is 0.939 bits per heavy atom. The molecule has 3 heterocycles. The van der Waals surface area contributed by atoms with E-state index in [0.717, 1.165) is 16.5 Å². The summed E-state index contributed by atoms with van der Waals surface area (Å²) in [7, 11) is 0. The average Bonchev–Trinajstić information content (AvgIpc) is 3.29. The van der Waals surface area contributed by atoms with Crippen molar-refractivity contribution in [3.63, 3.8) is 0 Å². The van der Waals surface area contributed by atoms with Crippen LogP contribution in [0.5, 0.6) is 0 Å². The predicted octanol–water partition coefficient (Wildman–Crippen LogP) is 7.43. The first-order valence-electron chi connectivity index (χ1n) is 10.6. The topological polar surface area (TPSA) is 43.6 Å². The van der Waals surface area contributed by atoms with Crippen LogP contribution in [-0.2, 0) is 12.0 Å². The number of halogens is 4. The third-order valence-electron chi connectivity index (χ3n) is 6.62. The highest BCUT2D eigenvalue weighted by atomic mass is 35.5. The van der Waals surface area contributed by atoms with Crippen LogP contribution in [0.1, 0.15) is 27.9 Å². The number of anilines is 1. The van der Waals surface area contributed by atoms with Gasteiger partial charge in [-0.05, 0) is 48.4 Å². The van der Waals surface area contributed by atoms with Gasteiger partial charge in [0, 0.05) is 50.7 Å². The summed E-state index contributed by atoms with van der Waals surface area (Å²) in [4.78, 5) is 6.17. The van der Waals surface area contributed by atoms with E-state index in [1.165, 1.54) is 6.20 Å². The van der Waals surface area contributed by atoms with E-state index in [4.69, 9.17) is 11.6 Å². The molecule has 1 aliphatic heterocycles. The molecule has 2 aromatic heterocycles. The normalized spacial score (nSPS) is 18.1. The third-order valence-corrected chi connectivity index (χ3v) is 6.85. The number of hydrogen-bond acceptors (Lipinski definition) is 1. The molecule has 0 saturated carbocycles. The van der Waals surface area contributed by atoms with Crippen LogP contribution in [-0.4, -0.2) is 16.1 Å². The van der Waals surface area contributed by atoms with E-state index in [1.807, 2.05) is 31.2 Å². The number of aryl methyl sites for hydroxylation is 1. The number of fused-ring (bicyclic) bond motifs is 5. The molecule has 0 fully saturated rings. The van der Waals surface area contributed by atoms with Crippen molar-refractivity contribution in [1.29, 1.82) is 0 Å². The van der Waals surface area contributed by atoms with Crippen molar-refractivity contribution in [3.8, 4) is 0 Å². The van der Waals surface area contributed by atoms with E-state index >= 15 is 13.2 Å². The predicted molar refractivity (Wildman–Crippen MR) is 126 cm³/mol. The van der Waals surface area contributed by atoms with Gasteiger partial charge in [-0.3, -0.25) is 0 Å². The van der Waals surface area contributed by atoms with Gasteiger partial charge in [0.05, 0.1) is 5.69 Å². The number of aromatic nitrogens is 2. The highest BCUT2D eigenvalue weighted by molar-refractivity contribution is 6.31. The Morgan fingerprint density at radius 3 is 2.58 bits per heavy atom. The maximum atomic E-state index is 15.4. The fraction of sp³-hybridized carbons (Fsp3) is 0.154. The number of para-hydroxylation sites is 1. The minimum Gasteiger partial charge on any atom is -0.363 e. The lowest BCUT2D eigenvalue weighted by Gasteiger charge is -2.37. The summed E-state index contributed by atoms with van der Waals surface area (Å²) >= 11 is 6.19. The summed E-state index contributed by atoms with van der Waals surface area (Å²) in [6.07, 6.45) is -2.83. The Kier molecular flexibility index (Phi) is 4.18. The molecule has 3 aromatic carbocycles. The lowest BCUT2D eigenvalue weighted by molar-refractivity contribution is -0.170. The molecule has 0 amide bonds. The fourth-order valence-electron chi connectivity index (χ4n) is 5.09. The lowest BCUT2D eigenvalue weighted by Crippen LogP contribution is -2.50. The number of hydrogen-bond donors (Lipinski definition) is 3. The minimum atomic E-state index is -4.66. The molecule has 3 nitrogen and oxygen atoms in total. The molecule has 3 N–H and O–H groups in total. The molecular weight excluding hydrogens is 447 g/mol. The van der Waals surface area contributed by atoms with Crippen LogP contribution < -0.4 is 5.32 Å². The Labute approximate surface area is 192 Å². The zero-order valence-electron chi connectivity index (χ0n) is 17.6. The summed E-state index contributed by atoms with van der Waals surface area (Å²) in [5.74, 6) is 0. The Balaban J connectivity index is 1.79. The standard InChI is InChI=1S/C26H19ClF3N3/c1-14-6-9-22-19(10-14)20(13-31-22)25(26(28,29)30)24-18(11-15-4-2-3-5-21(15)33-25)17-8-7-16(27)12-23(17)32-24/h2-10,12-13,31-33H,11H2,1H3/t25-/m0/s1. The van der Waals surface area contributed by atoms with Crippen LogP contribution in [0, 0.1) is 6.92 Å². The summed E-state index contributed by atoms with van der Waals surface area (Å²) in [6.45, 7) is 1.88. The van der Waals surface area contributed by atoms with Gasteiger partial charge in [0.2, 0.25) is 5.54 Å².